The number of hydrogen-bond donors (Lipinski definition) is 0. The topological polar surface area (TPSA) is 23.8 Å². The maximum atomic E-state index is 11.3. The molecule has 1 nitrogen and oxygen atoms in total. The van der Waals surface area contributed by atoms with Crippen molar-refractivity contribution in [2.75, 3.05) is 0 Å². The van der Waals surface area contributed by atoms with E-state index in [1.54, 1.807) is 0 Å². The molecule has 0 spiro atoms. The zero-order valence-electron chi connectivity index (χ0n) is 5.74. The molecule has 0 aromatic heterocycles. The Morgan fingerprint density at radius 1 is 1.50 bits per heavy atom. The molecular formula is C4H4BF3KN. The van der Waals surface area contributed by atoms with E-state index in [9.17, 15) is 12.9 Å². The van der Waals surface area contributed by atoms with E-state index in [-0.39, 0.29) is 62.9 Å². The zero-order valence-corrected chi connectivity index (χ0v) is 8.86. The molecule has 0 saturated heterocycles. The quantitative estimate of drug-likeness (QED) is 0.362. The van der Waals surface area contributed by atoms with Gasteiger partial charge in [0.1, 0.15) is 0 Å². The first-order valence-corrected chi connectivity index (χ1v) is 2.25. The molecule has 0 unspecified atom stereocenters. The Morgan fingerprint density at radius 2 is 1.90 bits per heavy atom. The number of rotatable bonds is 1. The van der Waals surface area contributed by atoms with Gasteiger partial charge in [-0.05, 0) is 12.5 Å². The fraction of sp³-hybridized carbons (Fsp3) is 0.250. The second-order valence-corrected chi connectivity index (χ2v) is 1.59. The van der Waals surface area contributed by atoms with Crippen molar-refractivity contribution in [3.8, 4) is 6.07 Å². The number of allylic oxidation sites excluding steroid dienone is 1. The van der Waals surface area contributed by atoms with E-state index in [0.29, 0.717) is 0 Å². The van der Waals surface area contributed by atoms with Gasteiger partial charge in [-0.1, -0.05) is 0 Å². The normalized spacial score (nSPS) is 11.7. The Kier molecular flexibility index (Phi) is 7.17. The summed E-state index contributed by atoms with van der Waals surface area (Å²) in [7, 11) is 0. The second kappa shape index (κ2) is 5.38. The average Bonchev–Trinajstić information content (AvgIpc) is 1.62. The first-order valence-electron chi connectivity index (χ1n) is 2.25. The fourth-order valence-electron chi connectivity index (χ4n) is 0.321. The third kappa shape index (κ3) is 8.72. The maximum absolute atomic E-state index is 11.3. The van der Waals surface area contributed by atoms with Gasteiger partial charge >= 0.3 is 58.4 Å². The summed E-state index contributed by atoms with van der Waals surface area (Å²) in [6, 6.07) is 1.38. The molecular weight excluding hydrogens is 169 g/mol. The van der Waals surface area contributed by atoms with Crippen LogP contribution in [0.5, 0.6) is 0 Å². The van der Waals surface area contributed by atoms with Gasteiger partial charge in [0.25, 0.3) is 0 Å². The summed E-state index contributed by atoms with van der Waals surface area (Å²) in [4.78, 5) is 0. The third-order valence-corrected chi connectivity index (χ3v) is 0.615. The van der Waals surface area contributed by atoms with Gasteiger partial charge in [0, 0.05) is 0 Å². The first-order chi connectivity index (χ1) is 3.95. The minimum atomic E-state index is -4.93. The van der Waals surface area contributed by atoms with E-state index in [2.05, 4.69) is 0 Å². The molecule has 0 radical (unpaired) electrons. The number of nitriles is 1. The fourth-order valence-corrected chi connectivity index (χ4v) is 0.321. The van der Waals surface area contributed by atoms with Crippen molar-refractivity contribution in [2.45, 2.75) is 6.92 Å². The van der Waals surface area contributed by atoms with Gasteiger partial charge < -0.3 is 12.9 Å². The van der Waals surface area contributed by atoms with Crippen LogP contribution in [0.4, 0.5) is 12.9 Å². The molecule has 50 valence electrons. The van der Waals surface area contributed by atoms with E-state index >= 15 is 0 Å². The molecule has 0 fully saturated rings. The van der Waals surface area contributed by atoms with Crippen molar-refractivity contribution in [3.63, 3.8) is 0 Å². The molecule has 0 aliphatic heterocycles. The smallest absolute Gasteiger partial charge is 0.445 e. The predicted molar refractivity (Wildman–Crippen MR) is 28.4 cm³/mol. The molecule has 0 aromatic rings. The van der Waals surface area contributed by atoms with Gasteiger partial charge in [-0.15, -0.1) is 5.98 Å². The molecule has 0 saturated carbocycles. The molecule has 0 atom stereocenters. The second-order valence-electron chi connectivity index (χ2n) is 1.59. The van der Waals surface area contributed by atoms with Crippen LogP contribution in [0.1, 0.15) is 6.92 Å². The van der Waals surface area contributed by atoms with Crippen LogP contribution in [0.3, 0.4) is 0 Å². The van der Waals surface area contributed by atoms with E-state index in [1.165, 1.54) is 6.07 Å². The van der Waals surface area contributed by atoms with Crippen LogP contribution >= 0.6 is 0 Å². The van der Waals surface area contributed by atoms with Crippen LogP contribution in [0.25, 0.3) is 0 Å². The van der Waals surface area contributed by atoms with E-state index in [1.807, 2.05) is 0 Å². The largest absolute Gasteiger partial charge is 1.00 e. The molecule has 6 heteroatoms. The van der Waals surface area contributed by atoms with Gasteiger partial charge in [-0.25, -0.2) is 0 Å². The van der Waals surface area contributed by atoms with Crippen molar-refractivity contribution in [1.82, 2.24) is 0 Å². The Labute approximate surface area is 99.8 Å². The van der Waals surface area contributed by atoms with Gasteiger partial charge in [-0.2, -0.15) is 5.26 Å². The van der Waals surface area contributed by atoms with Crippen LogP contribution in [0, 0.1) is 11.3 Å². The summed E-state index contributed by atoms with van der Waals surface area (Å²) in [5.74, 6) is 0.0278. The first kappa shape index (κ1) is 13.3. The van der Waals surface area contributed by atoms with Crippen LogP contribution in [0.15, 0.2) is 11.5 Å². The number of hydrogen-bond acceptors (Lipinski definition) is 1. The Morgan fingerprint density at radius 3 is 2.00 bits per heavy atom. The number of nitrogens with zero attached hydrogens (tertiary/aromatic N) is 1. The van der Waals surface area contributed by atoms with Crippen molar-refractivity contribution in [2.24, 2.45) is 0 Å². The monoisotopic (exact) mass is 173 g/mol. The summed E-state index contributed by atoms with van der Waals surface area (Å²) >= 11 is 0. The Hall–Kier alpha value is 0.721. The summed E-state index contributed by atoms with van der Waals surface area (Å²) in [5, 5.41) is 7.89. The van der Waals surface area contributed by atoms with Crippen LogP contribution in [0.2, 0.25) is 0 Å². The molecule has 0 rings (SSSR count). The van der Waals surface area contributed by atoms with E-state index < -0.39 is 6.98 Å². The zero-order chi connectivity index (χ0) is 7.49. The molecule has 0 N–H and O–H groups in total. The molecule has 0 heterocycles. The van der Waals surface area contributed by atoms with Gasteiger partial charge in [0.15, 0.2) is 0 Å². The van der Waals surface area contributed by atoms with Crippen molar-refractivity contribution in [1.29, 1.82) is 5.26 Å². The van der Waals surface area contributed by atoms with Crippen LogP contribution in [-0.2, 0) is 0 Å². The average molecular weight is 173 g/mol. The SMILES string of the molecule is C/C(C#N)=C\[B-](F)(F)F.[K+]. The predicted octanol–water partition coefficient (Wildman–Crippen LogP) is -1.15. The van der Waals surface area contributed by atoms with Crippen molar-refractivity contribution in [3.05, 3.63) is 11.5 Å². The van der Waals surface area contributed by atoms with Gasteiger partial charge in [-0.3, -0.25) is 0 Å². The Bertz CT molecular complexity index is 168. The molecule has 0 aliphatic rings. The van der Waals surface area contributed by atoms with Gasteiger partial charge in [0.05, 0.1) is 6.07 Å². The molecule has 0 amide bonds. The summed E-state index contributed by atoms with van der Waals surface area (Å²) in [6.07, 6.45) is 0. The van der Waals surface area contributed by atoms with Crippen molar-refractivity contribution >= 4 is 6.98 Å². The standard InChI is InChI=1S/C4H4BF3N.K/c1-4(3-9)2-5(6,7)8;/h2H,1H3;/q-1;+1/b4-2+;. The van der Waals surface area contributed by atoms with Crippen molar-refractivity contribution < 1.29 is 64.3 Å². The number of halogens is 3. The summed E-state index contributed by atoms with van der Waals surface area (Å²) in [6.45, 7) is -3.81. The summed E-state index contributed by atoms with van der Waals surface area (Å²) < 4.78 is 34.0. The maximum Gasteiger partial charge on any atom is 1.00 e. The summed E-state index contributed by atoms with van der Waals surface area (Å²) in [5.41, 5.74) is -0.303. The molecule has 0 aliphatic carbocycles. The molecule has 0 bridgehead atoms. The minimum absolute atomic E-state index is 0. The van der Waals surface area contributed by atoms with E-state index in [0.717, 1.165) is 6.92 Å². The van der Waals surface area contributed by atoms with Crippen LogP contribution in [-0.4, -0.2) is 6.98 Å². The molecule has 0 aromatic carbocycles. The van der Waals surface area contributed by atoms with E-state index in [4.69, 9.17) is 5.26 Å². The Balaban J connectivity index is 0. The third-order valence-electron chi connectivity index (χ3n) is 0.615. The minimum Gasteiger partial charge on any atom is -0.445 e. The van der Waals surface area contributed by atoms with Crippen LogP contribution < -0.4 is 51.4 Å². The molecule has 10 heavy (non-hydrogen) atoms. The van der Waals surface area contributed by atoms with Gasteiger partial charge in [0.2, 0.25) is 0 Å².